The van der Waals surface area contributed by atoms with Gasteiger partial charge in [0.25, 0.3) is 11.5 Å². The van der Waals surface area contributed by atoms with Gasteiger partial charge in [0.15, 0.2) is 5.65 Å². The zero-order valence-electron chi connectivity index (χ0n) is 18.3. The van der Waals surface area contributed by atoms with Crippen molar-refractivity contribution in [3.05, 3.63) is 38.2 Å². The van der Waals surface area contributed by atoms with E-state index >= 15 is 0 Å². The van der Waals surface area contributed by atoms with Gasteiger partial charge in [-0.2, -0.15) is 0 Å². The number of carbonyl (C=O) groups is 1. The quantitative estimate of drug-likeness (QED) is 0.641. The predicted molar refractivity (Wildman–Crippen MR) is 117 cm³/mol. The van der Waals surface area contributed by atoms with E-state index in [0.29, 0.717) is 18.8 Å². The number of piperazine rings is 1. The molecule has 0 spiro atoms. The minimum atomic E-state index is -0.579. The lowest BCUT2D eigenvalue weighted by atomic mass is 10.0. The molecular weight excluding hydrogens is 384 g/mol. The molecule has 3 rings (SSSR count). The summed E-state index contributed by atoms with van der Waals surface area (Å²) in [5.74, 6) is -0.257. The van der Waals surface area contributed by atoms with Crippen LogP contribution in [0.4, 0.5) is 0 Å². The molecule has 1 saturated heterocycles. The lowest BCUT2D eigenvalue weighted by Crippen LogP contribution is -2.45. The van der Waals surface area contributed by atoms with E-state index in [0.717, 1.165) is 39.1 Å². The summed E-state index contributed by atoms with van der Waals surface area (Å²) >= 11 is 0. The molecule has 2 aromatic heterocycles. The van der Waals surface area contributed by atoms with E-state index in [2.05, 4.69) is 32.1 Å². The first-order valence-electron chi connectivity index (χ1n) is 10.7. The van der Waals surface area contributed by atoms with Crippen LogP contribution in [-0.4, -0.2) is 76.6 Å². The molecule has 30 heavy (non-hydrogen) atoms. The summed E-state index contributed by atoms with van der Waals surface area (Å²) in [5, 5.41) is 3.11. The Bertz CT molecular complexity index is 1020. The number of nitrogens with one attached hydrogen (secondary N) is 2. The molecule has 9 nitrogen and oxygen atoms in total. The second-order valence-corrected chi connectivity index (χ2v) is 8.21. The number of fused-ring (bicyclic) bond motifs is 1. The van der Waals surface area contributed by atoms with E-state index < -0.39 is 11.2 Å². The molecule has 0 bridgehead atoms. The standard InChI is InChI=1S/C21H32N6O3/c1-5-27-18-17(20(29)24-21(27)30)15(13-16(23-18)14(2)3)19(28)22-7-6-8-26-11-9-25(4)10-12-26/h13-14H,5-12H2,1-4H3,(H,22,28)(H,24,29,30). The number of hydrogen-bond donors (Lipinski definition) is 2. The van der Waals surface area contributed by atoms with E-state index in [9.17, 15) is 14.4 Å². The van der Waals surface area contributed by atoms with Crippen LogP contribution in [0.2, 0.25) is 0 Å². The molecule has 0 aromatic carbocycles. The van der Waals surface area contributed by atoms with Crippen LogP contribution in [0.1, 0.15) is 49.2 Å². The Hall–Kier alpha value is -2.52. The molecule has 9 heteroatoms. The van der Waals surface area contributed by atoms with Gasteiger partial charge in [-0.25, -0.2) is 9.78 Å². The van der Waals surface area contributed by atoms with Crippen molar-refractivity contribution in [2.24, 2.45) is 0 Å². The molecule has 2 N–H and O–H groups in total. The lowest BCUT2D eigenvalue weighted by molar-refractivity contribution is 0.0950. The minimum Gasteiger partial charge on any atom is -0.352 e. The summed E-state index contributed by atoms with van der Waals surface area (Å²) in [6.45, 7) is 11.8. The average Bonchev–Trinajstić information content (AvgIpc) is 2.71. The number of aryl methyl sites for hydroxylation is 1. The van der Waals surface area contributed by atoms with Crippen LogP contribution in [0.25, 0.3) is 11.0 Å². The first kappa shape index (κ1) is 22.2. The van der Waals surface area contributed by atoms with Gasteiger partial charge in [0.05, 0.1) is 10.9 Å². The Balaban J connectivity index is 1.81. The summed E-state index contributed by atoms with van der Waals surface area (Å²) in [6.07, 6.45) is 0.839. The van der Waals surface area contributed by atoms with Gasteiger partial charge in [0, 0.05) is 45.0 Å². The number of likely N-dealkylation sites (N-methyl/N-ethyl adjacent to an activating group) is 1. The van der Waals surface area contributed by atoms with E-state index in [1.54, 1.807) is 13.0 Å². The van der Waals surface area contributed by atoms with Crippen molar-refractivity contribution < 1.29 is 4.79 Å². The van der Waals surface area contributed by atoms with E-state index in [1.807, 2.05) is 13.8 Å². The Labute approximate surface area is 176 Å². The van der Waals surface area contributed by atoms with Crippen LogP contribution >= 0.6 is 0 Å². The highest BCUT2D eigenvalue weighted by Gasteiger charge is 2.20. The van der Waals surface area contributed by atoms with E-state index in [1.165, 1.54) is 4.57 Å². The molecule has 1 amide bonds. The Kier molecular flexibility index (Phi) is 7.04. The summed E-state index contributed by atoms with van der Waals surface area (Å²) in [5.41, 5.74) is 0.121. The zero-order chi connectivity index (χ0) is 21.8. The van der Waals surface area contributed by atoms with Gasteiger partial charge in [-0.05, 0) is 38.9 Å². The third-order valence-corrected chi connectivity index (χ3v) is 5.65. The van der Waals surface area contributed by atoms with Crippen molar-refractivity contribution in [2.45, 2.75) is 39.7 Å². The third kappa shape index (κ3) is 4.79. The SMILES string of the molecule is CCn1c(=O)[nH]c(=O)c2c(C(=O)NCCCN3CCN(C)CC3)cc(C(C)C)nc21. The van der Waals surface area contributed by atoms with Gasteiger partial charge in [0.2, 0.25) is 0 Å². The summed E-state index contributed by atoms with van der Waals surface area (Å²) in [4.78, 5) is 49.2. The zero-order valence-corrected chi connectivity index (χ0v) is 18.3. The van der Waals surface area contributed by atoms with Crippen LogP contribution < -0.4 is 16.6 Å². The number of amides is 1. The second kappa shape index (κ2) is 9.53. The van der Waals surface area contributed by atoms with Crippen LogP contribution in [-0.2, 0) is 6.54 Å². The largest absolute Gasteiger partial charge is 0.352 e. The number of carbonyl (C=O) groups excluding carboxylic acids is 1. The molecule has 0 radical (unpaired) electrons. The number of aromatic nitrogens is 3. The number of nitrogens with zero attached hydrogens (tertiary/aromatic N) is 4. The van der Waals surface area contributed by atoms with Gasteiger partial charge >= 0.3 is 5.69 Å². The van der Waals surface area contributed by atoms with Gasteiger partial charge in [-0.3, -0.25) is 19.1 Å². The fourth-order valence-electron chi connectivity index (χ4n) is 3.73. The van der Waals surface area contributed by atoms with E-state index in [4.69, 9.17) is 0 Å². The highest BCUT2D eigenvalue weighted by molar-refractivity contribution is 6.05. The molecular formula is C21H32N6O3. The first-order chi connectivity index (χ1) is 14.3. The number of aromatic amines is 1. The van der Waals surface area contributed by atoms with Crippen molar-refractivity contribution in [2.75, 3.05) is 46.3 Å². The maximum atomic E-state index is 13.0. The summed E-state index contributed by atoms with van der Waals surface area (Å²) in [7, 11) is 2.13. The number of hydrogen-bond acceptors (Lipinski definition) is 6. The normalized spacial score (nSPS) is 15.8. The number of rotatable bonds is 7. The number of H-pyrrole nitrogens is 1. The smallest absolute Gasteiger partial charge is 0.329 e. The van der Waals surface area contributed by atoms with Gasteiger partial charge in [0.1, 0.15) is 0 Å². The van der Waals surface area contributed by atoms with Gasteiger partial charge in [-0.1, -0.05) is 13.8 Å². The Morgan fingerprint density at radius 1 is 1.23 bits per heavy atom. The molecule has 1 aliphatic rings. The van der Waals surface area contributed by atoms with Crippen molar-refractivity contribution in [1.82, 2.24) is 29.7 Å². The first-order valence-corrected chi connectivity index (χ1v) is 10.7. The Morgan fingerprint density at radius 3 is 2.57 bits per heavy atom. The molecule has 0 unspecified atom stereocenters. The van der Waals surface area contributed by atoms with Crippen LogP contribution in [0.3, 0.4) is 0 Å². The maximum absolute atomic E-state index is 13.0. The average molecular weight is 417 g/mol. The molecule has 164 valence electrons. The van der Waals surface area contributed by atoms with Crippen molar-refractivity contribution >= 4 is 16.9 Å². The lowest BCUT2D eigenvalue weighted by Gasteiger charge is -2.32. The molecule has 1 aliphatic heterocycles. The number of pyridine rings is 1. The van der Waals surface area contributed by atoms with Gasteiger partial charge < -0.3 is 15.1 Å². The summed E-state index contributed by atoms with van der Waals surface area (Å²) < 4.78 is 1.40. The fourth-order valence-corrected chi connectivity index (χ4v) is 3.73. The van der Waals surface area contributed by atoms with E-state index in [-0.39, 0.29) is 28.4 Å². The molecule has 0 saturated carbocycles. The second-order valence-electron chi connectivity index (χ2n) is 8.21. The predicted octanol–water partition coefficient (Wildman–Crippen LogP) is 0.595. The van der Waals surface area contributed by atoms with Crippen molar-refractivity contribution in [3.8, 4) is 0 Å². The monoisotopic (exact) mass is 416 g/mol. The van der Waals surface area contributed by atoms with Crippen LogP contribution in [0.15, 0.2) is 15.7 Å². The highest BCUT2D eigenvalue weighted by Crippen LogP contribution is 2.19. The fraction of sp³-hybridized carbons (Fsp3) is 0.619. The molecule has 3 heterocycles. The molecule has 1 fully saturated rings. The van der Waals surface area contributed by atoms with Crippen LogP contribution in [0.5, 0.6) is 0 Å². The minimum absolute atomic E-state index is 0.0536. The topological polar surface area (TPSA) is 103 Å². The third-order valence-electron chi connectivity index (χ3n) is 5.65. The molecule has 2 aromatic rings. The maximum Gasteiger partial charge on any atom is 0.329 e. The van der Waals surface area contributed by atoms with Crippen molar-refractivity contribution in [1.29, 1.82) is 0 Å². The summed E-state index contributed by atoms with van der Waals surface area (Å²) in [6, 6.07) is 1.67. The van der Waals surface area contributed by atoms with Gasteiger partial charge in [-0.15, -0.1) is 0 Å². The van der Waals surface area contributed by atoms with Crippen molar-refractivity contribution in [3.63, 3.8) is 0 Å². The molecule has 0 atom stereocenters. The van der Waals surface area contributed by atoms with Crippen LogP contribution in [0, 0.1) is 0 Å². The Morgan fingerprint density at radius 2 is 1.93 bits per heavy atom. The molecule has 0 aliphatic carbocycles. The highest BCUT2D eigenvalue weighted by atomic mass is 16.2.